The summed E-state index contributed by atoms with van der Waals surface area (Å²) in [4.78, 5) is 33.9. The Kier molecular flexibility index (Phi) is 1.95. The predicted octanol–water partition coefficient (Wildman–Crippen LogP) is -1.34. The van der Waals surface area contributed by atoms with Gasteiger partial charge in [0.25, 0.3) is 17.6 Å². The van der Waals surface area contributed by atoms with Gasteiger partial charge >= 0.3 is 0 Å². The van der Waals surface area contributed by atoms with Gasteiger partial charge < -0.3 is 10.2 Å². The Morgan fingerprint density at radius 2 is 2.08 bits per heavy atom. The first kappa shape index (κ1) is 8.45. The van der Waals surface area contributed by atoms with Gasteiger partial charge in [0.1, 0.15) is 5.57 Å². The van der Waals surface area contributed by atoms with Crippen molar-refractivity contribution in [1.29, 1.82) is 0 Å². The molecule has 1 rings (SSSR count). The quantitative estimate of drug-likeness (QED) is 0.389. The molecule has 0 aromatic rings. The van der Waals surface area contributed by atoms with Gasteiger partial charge in [-0.1, -0.05) is 0 Å². The first-order valence-electron chi connectivity index (χ1n) is 3.33. The van der Waals surface area contributed by atoms with Gasteiger partial charge in [-0.2, -0.15) is 0 Å². The van der Waals surface area contributed by atoms with Crippen molar-refractivity contribution >= 4 is 17.6 Å². The summed E-state index contributed by atoms with van der Waals surface area (Å²) in [6.07, 6.45) is 1.23. The molecule has 0 fully saturated rings. The standard InChI is InChI=1S/C7H8N2O3/c1-8-6(11)4-3-9(2)7(12)5(4)10/h3H,1-2H3,(H,8,11). The lowest BCUT2D eigenvalue weighted by molar-refractivity contribution is -0.139. The highest BCUT2D eigenvalue weighted by molar-refractivity contribution is 6.50. The number of Topliss-reactive ketones (excluding diaryl/α,β-unsaturated/α-hetero) is 1. The molecule has 0 bridgehead atoms. The number of nitrogens with one attached hydrogen (secondary N) is 1. The highest BCUT2D eigenvalue weighted by Crippen LogP contribution is 2.09. The number of ketones is 1. The minimum atomic E-state index is -0.753. The van der Waals surface area contributed by atoms with Crippen molar-refractivity contribution in [2.45, 2.75) is 0 Å². The van der Waals surface area contributed by atoms with Crippen molar-refractivity contribution in [2.24, 2.45) is 0 Å². The largest absolute Gasteiger partial charge is 0.355 e. The normalized spacial score (nSPS) is 16.5. The van der Waals surface area contributed by atoms with Crippen LogP contribution < -0.4 is 5.32 Å². The predicted molar refractivity (Wildman–Crippen MR) is 39.9 cm³/mol. The second-order valence-corrected chi connectivity index (χ2v) is 2.37. The molecule has 0 spiro atoms. The summed E-state index contributed by atoms with van der Waals surface area (Å²) in [6.45, 7) is 0. The van der Waals surface area contributed by atoms with Gasteiger partial charge in [-0.05, 0) is 0 Å². The first-order valence-corrected chi connectivity index (χ1v) is 3.33. The van der Waals surface area contributed by atoms with Gasteiger partial charge in [0.05, 0.1) is 0 Å². The van der Waals surface area contributed by atoms with Crippen LogP contribution in [0.15, 0.2) is 11.8 Å². The zero-order chi connectivity index (χ0) is 9.30. The van der Waals surface area contributed by atoms with Crippen molar-refractivity contribution < 1.29 is 14.4 Å². The molecule has 0 saturated heterocycles. The van der Waals surface area contributed by atoms with E-state index >= 15 is 0 Å². The molecule has 5 heteroatoms. The summed E-state index contributed by atoms with van der Waals surface area (Å²) in [7, 11) is 2.83. The summed E-state index contributed by atoms with van der Waals surface area (Å²) in [5, 5.41) is 2.27. The van der Waals surface area contributed by atoms with E-state index in [1.807, 2.05) is 0 Å². The summed E-state index contributed by atoms with van der Waals surface area (Å²) in [5.74, 6) is -1.96. The number of rotatable bonds is 1. The maximum absolute atomic E-state index is 11.0. The smallest absolute Gasteiger partial charge is 0.298 e. The van der Waals surface area contributed by atoms with Gasteiger partial charge in [0.2, 0.25) is 0 Å². The van der Waals surface area contributed by atoms with Crippen molar-refractivity contribution in [3.05, 3.63) is 11.8 Å². The number of nitrogens with zero attached hydrogens (tertiary/aromatic N) is 1. The molecule has 2 amide bonds. The average molecular weight is 168 g/mol. The maximum atomic E-state index is 11.0. The number of likely N-dealkylation sites (N-methyl/N-ethyl adjacent to an activating group) is 2. The van der Waals surface area contributed by atoms with Gasteiger partial charge in [-0.15, -0.1) is 0 Å². The molecule has 1 N–H and O–H groups in total. The summed E-state index contributed by atoms with van der Waals surface area (Å²) < 4.78 is 0. The molecule has 0 aliphatic carbocycles. The van der Waals surface area contributed by atoms with E-state index in [0.717, 1.165) is 4.90 Å². The minimum Gasteiger partial charge on any atom is -0.355 e. The average Bonchev–Trinajstić information content (AvgIpc) is 2.32. The third-order valence-corrected chi connectivity index (χ3v) is 1.55. The third-order valence-electron chi connectivity index (χ3n) is 1.55. The summed E-state index contributed by atoms with van der Waals surface area (Å²) >= 11 is 0. The van der Waals surface area contributed by atoms with E-state index in [4.69, 9.17) is 0 Å². The van der Waals surface area contributed by atoms with Crippen molar-refractivity contribution in [2.75, 3.05) is 14.1 Å². The lowest BCUT2D eigenvalue weighted by atomic mass is 10.2. The number of carbonyl (C=O) groups excluding carboxylic acids is 3. The Hall–Kier alpha value is -1.65. The Labute approximate surface area is 69.0 Å². The second-order valence-electron chi connectivity index (χ2n) is 2.37. The van der Waals surface area contributed by atoms with E-state index in [2.05, 4.69) is 5.32 Å². The van der Waals surface area contributed by atoms with Crippen molar-refractivity contribution in [3.8, 4) is 0 Å². The van der Waals surface area contributed by atoms with Crippen LogP contribution in [0.5, 0.6) is 0 Å². The van der Waals surface area contributed by atoms with E-state index < -0.39 is 17.6 Å². The Morgan fingerprint density at radius 3 is 2.42 bits per heavy atom. The number of amides is 2. The minimum absolute atomic E-state index is 0.106. The van der Waals surface area contributed by atoms with Gasteiger partial charge in [-0.3, -0.25) is 14.4 Å². The number of hydrogen-bond donors (Lipinski definition) is 1. The molecule has 1 aliphatic heterocycles. The van der Waals surface area contributed by atoms with E-state index in [0.29, 0.717) is 0 Å². The monoisotopic (exact) mass is 168 g/mol. The number of hydrogen-bond acceptors (Lipinski definition) is 3. The van der Waals surface area contributed by atoms with Crippen LogP contribution in [0, 0.1) is 0 Å². The maximum Gasteiger partial charge on any atom is 0.298 e. The molecule has 12 heavy (non-hydrogen) atoms. The molecular weight excluding hydrogens is 160 g/mol. The van der Waals surface area contributed by atoms with Gasteiger partial charge in [0, 0.05) is 20.3 Å². The molecule has 0 radical (unpaired) electrons. The summed E-state index contributed by atoms with van der Waals surface area (Å²) in [6, 6.07) is 0. The van der Waals surface area contributed by atoms with Crippen LogP contribution in [0.3, 0.4) is 0 Å². The van der Waals surface area contributed by atoms with E-state index in [9.17, 15) is 14.4 Å². The van der Waals surface area contributed by atoms with Crippen LogP contribution in [-0.2, 0) is 14.4 Å². The van der Waals surface area contributed by atoms with Crippen LogP contribution in [0.1, 0.15) is 0 Å². The first-order chi connectivity index (χ1) is 5.57. The lowest BCUT2D eigenvalue weighted by Crippen LogP contribution is -2.27. The highest BCUT2D eigenvalue weighted by Gasteiger charge is 2.32. The third kappa shape index (κ3) is 1.09. The van der Waals surface area contributed by atoms with Crippen LogP contribution in [-0.4, -0.2) is 36.6 Å². The fourth-order valence-corrected chi connectivity index (χ4v) is 0.883. The van der Waals surface area contributed by atoms with Crippen LogP contribution >= 0.6 is 0 Å². The molecule has 5 nitrogen and oxygen atoms in total. The zero-order valence-corrected chi connectivity index (χ0v) is 6.75. The van der Waals surface area contributed by atoms with E-state index in [1.165, 1.54) is 20.3 Å². The topological polar surface area (TPSA) is 66.5 Å². The molecule has 1 heterocycles. The van der Waals surface area contributed by atoms with E-state index in [1.54, 1.807) is 0 Å². The lowest BCUT2D eigenvalue weighted by Gasteiger charge is -1.99. The second kappa shape index (κ2) is 2.77. The van der Waals surface area contributed by atoms with Crippen molar-refractivity contribution in [3.63, 3.8) is 0 Å². The van der Waals surface area contributed by atoms with Gasteiger partial charge in [-0.25, -0.2) is 0 Å². The molecule has 0 aromatic heterocycles. The molecular formula is C7H8N2O3. The Morgan fingerprint density at radius 1 is 1.50 bits per heavy atom. The zero-order valence-electron chi connectivity index (χ0n) is 6.75. The van der Waals surface area contributed by atoms with Gasteiger partial charge in [0.15, 0.2) is 0 Å². The highest BCUT2D eigenvalue weighted by atomic mass is 16.2. The molecule has 1 aliphatic rings. The molecule has 0 saturated carbocycles. The Bertz CT molecular complexity index is 293. The van der Waals surface area contributed by atoms with Crippen LogP contribution in [0.4, 0.5) is 0 Å². The van der Waals surface area contributed by atoms with Crippen LogP contribution in [0.25, 0.3) is 0 Å². The van der Waals surface area contributed by atoms with Crippen LogP contribution in [0.2, 0.25) is 0 Å². The number of carbonyl (C=O) groups is 3. The SMILES string of the molecule is CNC(=O)C1=CN(C)C(=O)C1=O. The molecule has 0 unspecified atom stereocenters. The Balaban J connectivity index is 2.94. The molecule has 0 aromatic carbocycles. The molecule has 64 valence electrons. The molecule has 0 atom stereocenters. The fourth-order valence-electron chi connectivity index (χ4n) is 0.883. The summed E-state index contributed by atoms with van der Waals surface area (Å²) in [5.41, 5.74) is -0.106. The van der Waals surface area contributed by atoms with Crippen molar-refractivity contribution in [1.82, 2.24) is 10.2 Å². The van der Waals surface area contributed by atoms with E-state index in [-0.39, 0.29) is 5.57 Å². The fraction of sp³-hybridized carbons (Fsp3) is 0.286.